The summed E-state index contributed by atoms with van der Waals surface area (Å²) >= 11 is 0. The summed E-state index contributed by atoms with van der Waals surface area (Å²) in [6.07, 6.45) is 0. The summed E-state index contributed by atoms with van der Waals surface area (Å²) in [6, 6.07) is 19.4. The second kappa shape index (κ2) is 7.62. The predicted molar refractivity (Wildman–Crippen MR) is 94.9 cm³/mol. The Labute approximate surface area is 142 Å². The number of hydrogen-bond acceptors (Lipinski definition) is 4. The Morgan fingerprint density at radius 2 is 1.79 bits per heavy atom. The van der Waals surface area contributed by atoms with Gasteiger partial charge in [0.1, 0.15) is 0 Å². The molecule has 0 spiro atoms. The third kappa shape index (κ3) is 4.12. The van der Waals surface area contributed by atoms with Gasteiger partial charge in [0.25, 0.3) is 0 Å². The van der Waals surface area contributed by atoms with Crippen LogP contribution in [0.4, 0.5) is 11.4 Å². The number of hydrogen-bond donors (Lipinski definition) is 1. The molecule has 1 N–H and O–H groups in total. The summed E-state index contributed by atoms with van der Waals surface area (Å²) < 4.78 is 0. The first-order chi connectivity index (χ1) is 11.7. The predicted octanol–water partition coefficient (Wildman–Crippen LogP) is 2.32. The van der Waals surface area contributed by atoms with Gasteiger partial charge in [-0.05, 0) is 30.3 Å². The van der Waals surface area contributed by atoms with Crippen LogP contribution in [0.5, 0.6) is 0 Å². The Bertz CT molecular complexity index is 731. The van der Waals surface area contributed by atoms with Gasteiger partial charge in [-0.15, -0.1) is 0 Å². The Morgan fingerprint density at radius 1 is 1.04 bits per heavy atom. The van der Waals surface area contributed by atoms with Crippen molar-refractivity contribution in [1.29, 1.82) is 5.26 Å². The summed E-state index contributed by atoms with van der Waals surface area (Å²) in [7, 11) is 0. The van der Waals surface area contributed by atoms with Crippen molar-refractivity contribution in [3.05, 3.63) is 60.2 Å². The lowest BCUT2D eigenvalue weighted by molar-refractivity contribution is -0.117. The van der Waals surface area contributed by atoms with Gasteiger partial charge in [0, 0.05) is 37.6 Å². The fourth-order valence-electron chi connectivity index (χ4n) is 2.87. The molecule has 24 heavy (non-hydrogen) atoms. The monoisotopic (exact) mass is 320 g/mol. The molecular weight excluding hydrogens is 300 g/mol. The molecule has 0 bridgehead atoms. The summed E-state index contributed by atoms with van der Waals surface area (Å²) in [4.78, 5) is 16.7. The topological polar surface area (TPSA) is 59.4 Å². The van der Waals surface area contributed by atoms with Crippen LogP contribution in [0.1, 0.15) is 5.56 Å². The number of amides is 1. The molecule has 3 rings (SSSR count). The molecule has 0 unspecified atom stereocenters. The molecule has 1 heterocycles. The Hall–Kier alpha value is -2.84. The molecule has 1 fully saturated rings. The van der Waals surface area contributed by atoms with Gasteiger partial charge in [0.15, 0.2) is 0 Å². The highest BCUT2D eigenvalue weighted by Gasteiger charge is 2.19. The van der Waals surface area contributed by atoms with Gasteiger partial charge >= 0.3 is 0 Å². The number of nitrogens with one attached hydrogen (secondary N) is 1. The quantitative estimate of drug-likeness (QED) is 0.939. The average molecular weight is 320 g/mol. The molecule has 1 aliphatic heterocycles. The molecular formula is C19H20N4O. The number of carbonyl (C=O) groups is 1. The van der Waals surface area contributed by atoms with Crippen molar-refractivity contribution in [1.82, 2.24) is 4.90 Å². The van der Waals surface area contributed by atoms with Crippen LogP contribution in [-0.4, -0.2) is 43.5 Å². The van der Waals surface area contributed by atoms with Crippen LogP contribution in [0, 0.1) is 11.3 Å². The van der Waals surface area contributed by atoms with Crippen LogP contribution in [0.3, 0.4) is 0 Å². The zero-order valence-corrected chi connectivity index (χ0v) is 13.5. The van der Waals surface area contributed by atoms with Crippen LogP contribution in [0.2, 0.25) is 0 Å². The standard InChI is InChI=1S/C19H20N4O/c20-14-16-5-4-6-17(13-16)21-19(24)15-22-9-11-23(12-10-22)18-7-2-1-3-8-18/h1-8,13H,9-12,15H2,(H,21,24). The van der Waals surface area contributed by atoms with E-state index in [1.165, 1.54) is 5.69 Å². The molecule has 5 heteroatoms. The Kier molecular flexibility index (Phi) is 5.09. The van der Waals surface area contributed by atoms with Crippen LogP contribution < -0.4 is 10.2 Å². The maximum absolute atomic E-state index is 12.2. The first-order valence-electron chi connectivity index (χ1n) is 8.07. The molecule has 1 amide bonds. The zero-order chi connectivity index (χ0) is 16.8. The number of benzene rings is 2. The van der Waals surface area contributed by atoms with Crippen molar-refractivity contribution in [2.75, 3.05) is 42.9 Å². The second-order valence-corrected chi connectivity index (χ2v) is 5.84. The van der Waals surface area contributed by atoms with E-state index in [1.54, 1.807) is 24.3 Å². The second-order valence-electron chi connectivity index (χ2n) is 5.84. The van der Waals surface area contributed by atoms with Gasteiger partial charge < -0.3 is 10.2 Å². The molecule has 2 aromatic rings. The number of para-hydroxylation sites is 1. The zero-order valence-electron chi connectivity index (χ0n) is 13.5. The van der Waals surface area contributed by atoms with E-state index in [2.05, 4.69) is 33.3 Å². The summed E-state index contributed by atoms with van der Waals surface area (Å²) in [5.74, 6) is -0.0433. The molecule has 0 saturated carbocycles. The molecule has 1 aliphatic rings. The molecule has 2 aromatic carbocycles. The minimum atomic E-state index is -0.0433. The van der Waals surface area contributed by atoms with Gasteiger partial charge in [-0.25, -0.2) is 0 Å². The fraction of sp³-hybridized carbons (Fsp3) is 0.263. The normalized spacial score (nSPS) is 14.9. The minimum Gasteiger partial charge on any atom is -0.369 e. The van der Waals surface area contributed by atoms with E-state index in [9.17, 15) is 4.79 Å². The lowest BCUT2D eigenvalue weighted by Crippen LogP contribution is -2.48. The first kappa shape index (κ1) is 16.0. The molecule has 0 aliphatic carbocycles. The van der Waals surface area contributed by atoms with E-state index >= 15 is 0 Å². The number of rotatable bonds is 4. The third-order valence-corrected chi connectivity index (χ3v) is 4.14. The molecule has 1 saturated heterocycles. The van der Waals surface area contributed by atoms with Crippen LogP contribution >= 0.6 is 0 Å². The molecule has 0 atom stereocenters. The van der Waals surface area contributed by atoms with Crippen molar-refractivity contribution < 1.29 is 4.79 Å². The van der Waals surface area contributed by atoms with Gasteiger partial charge in [0.05, 0.1) is 18.2 Å². The lowest BCUT2D eigenvalue weighted by Gasteiger charge is -2.35. The summed E-state index contributed by atoms with van der Waals surface area (Å²) in [5.41, 5.74) is 2.45. The molecule has 5 nitrogen and oxygen atoms in total. The van der Waals surface area contributed by atoms with Crippen LogP contribution in [0.25, 0.3) is 0 Å². The molecule has 0 radical (unpaired) electrons. The first-order valence-corrected chi connectivity index (χ1v) is 8.07. The van der Waals surface area contributed by atoms with E-state index in [1.807, 2.05) is 18.2 Å². The molecule has 0 aromatic heterocycles. The highest BCUT2D eigenvalue weighted by molar-refractivity contribution is 5.92. The fourth-order valence-corrected chi connectivity index (χ4v) is 2.87. The van der Waals surface area contributed by atoms with Crippen molar-refractivity contribution in [2.24, 2.45) is 0 Å². The van der Waals surface area contributed by atoms with Crippen LogP contribution in [-0.2, 0) is 4.79 Å². The highest BCUT2D eigenvalue weighted by Crippen LogP contribution is 2.15. The summed E-state index contributed by atoms with van der Waals surface area (Å²) in [5, 5.41) is 11.8. The maximum Gasteiger partial charge on any atom is 0.238 e. The number of piperazine rings is 1. The van der Waals surface area contributed by atoms with Crippen molar-refractivity contribution in [3.63, 3.8) is 0 Å². The largest absolute Gasteiger partial charge is 0.369 e. The SMILES string of the molecule is N#Cc1cccc(NC(=O)CN2CCN(c3ccccc3)CC2)c1. The van der Waals surface area contributed by atoms with Gasteiger partial charge in [-0.3, -0.25) is 9.69 Å². The van der Waals surface area contributed by atoms with Gasteiger partial charge in [0.2, 0.25) is 5.91 Å². The average Bonchev–Trinajstić information content (AvgIpc) is 2.63. The van der Waals surface area contributed by atoms with Crippen molar-refractivity contribution in [3.8, 4) is 6.07 Å². The van der Waals surface area contributed by atoms with Crippen molar-refractivity contribution in [2.45, 2.75) is 0 Å². The minimum absolute atomic E-state index is 0.0433. The Balaban J connectivity index is 1.49. The third-order valence-electron chi connectivity index (χ3n) is 4.14. The number of nitriles is 1. The maximum atomic E-state index is 12.2. The van der Waals surface area contributed by atoms with Gasteiger partial charge in [-0.1, -0.05) is 24.3 Å². The van der Waals surface area contributed by atoms with E-state index in [0.29, 0.717) is 17.8 Å². The number of anilines is 2. The lowest BCUT2D eigenvalue weighted by atomic mass is 10.2. The summed E-state index contributed by atoms with van der Waals surface area (Å²) in [6.45, 7) is 3.93. The van der Waals surface area contributed by atoms with E-state index < -0.39 is 0 Å². The van der Waals surface area contributed by atoms with E-state index in [4.69, 9.17) is 5.26 Å². The highest BCUT2D eigenvalue weighted by atomic mass is 16.2. The number of nitrogens with zero attached hydrogens (tertiary/aromatic N) is 3. The van der Waals surface area contributed by atoms with Crippen LogP contribution in [0.15, 0.2) is 54.6 Å². The van der Waals surface area contributed by atoms with E-state index in [-0.39, 0.29) is 5.91 Å². The van der Waals surface area contributed by atoms with Crippen molar-refractivity contribution >= 4 is 17.3 Å². The van der Waals surface area contributed by atoms with Gasteiger partial charge in [-0.2, -0.15) is 5.26 Å². The number of carbonyl (C=O) groups excluding carboxylic acids is 1. The smallest absolute Gasteiger partial charge is 0.238 e. The van der Waals surface area contributed by atoms with E-state index in [0.717, 1.165) is 26.2 Å². The Morgan fingerprint density at radius 3 is 2.50 bits per heavy atom. The molecule has 122 valence electrons.